The lowest BCUT2D eigenvalue weighted by atomic mass is 9.98. The van der Waals surface area contributed by atoms with Crippen molar-refractivity contribution >= 4 is 11.6 Å². The van der Waals surface area contributed by atoms with Gasteiger partial charge in [0, 0.05) is 12.8 Å². The standard InChI is InChI=1S/C24H28N2O/c1-17-13-18(2)15-21(14-17)22-16-23(20-11-12-20)26(25-22)24(27)10-6-9-19-7-4-3-5-8-19/h3-5,7-8,13-15,20,23H,6,9-12,16H2,1-2H3. The molecule has 27 heavy (non-hydrogen) atoms. The van der Waals surface area contributed by atoms with Gasteiger partial charge in [0.2, 0.25) is 5.91 Å². The molecule has 2 aliphatic rings. The molecule has 0 radical (unpaired) electrons. The summed E-state index contributed by atoms with van der Waals surface area (Å²) in [6.07, 6.45) is 5.76. The van der Waals surface area contributed by atoms with Gasteiger partial charge in [-0.25, -0.2) is 5.01 Å². The fourth-order valence-corrected chi connectivity index (χ4v) is 4.14. The normalized spacial score (nSPS) is 19.3. The Morgan fingerprint density at radius 3 is 2.44 bits per heavy atom. The molecular weight excluding hydrogens is 332 g/mol. The van der Waals surface area contributed by atoms with Crippen LogP contribution in [0.5, 0.6) is 0 Å². The van der Waals surface area contributed by atoms with Crippen molar-refractivity contribution in [1.29, 1.82) is 0 Å². The van der Waals surface area contributed by atoms with Crippen molar-refractivity contribution in [2.45, 2.75) is 58.4 Å². The quantitative estimate of drug-likeness (QED) is 0.710. The fraction of sp³-hybridized carbons (Fsp3) is 0.417. The minimum Gasteiger partial charge on any atom is -0.273 e. The van der Waals surface area contributed by atoms with Crippen molar-refractivity contribution < 1.29 is 4.79 Å². The van der Waals surface area contributed by atoms with Crippen LogP contribution in [-0.4, -0.2) is 22.7 Å². The first-order valence-corrected chi connectivity index (χ1v) is 10.1. The maximum absolute atomic E-state index is 12.9. The van der Waals surface area contributed by atoms with Crippen LogP contribution in [0.3, 0.4) is 0 Å². The molecule has 0 N–H and O–H groups in total. The third-order valence-corrected chi connectivity index (χ3v) is 5.62. The van der Waals surface area contributed by atoms with E-state index in [2.05, 4.69) is 56.3 Å². The van der Waals surface area contributed by atoms with E-state index in [1.165, 1.54) is 35.1 Å². The average Bonchev–Trinajstić information content (AvgIpc) is 3.40. The zero-order valence-electron chi connectivity index (χ0n) is 16.3. The van der Waals surface area contributed by atoms with E-state index in [-0.39, 0.29) is 11.9 Å². The Hall–Kier alpha value is -2.42. The maximum atomic E-state index is 12.9. The zero-order valence-corrected chi connectivity index (χ0v) is 16.3. The van der Waals surface area contributed by atoms with Crippen LogP contribution in [0.25, 0.3) is 0 Å². The van der Waals surface area contributed by atoms with Gasteiger partial charge in [0.05, 0.1) is 11.8 Å². The molecule has 0 aromatic heterocycles. The van der Waals surface area contributed by atoms with E-state index in [1.54, 1.807) is 0 Å². The molecule has 1 aliphatic heterocycles. The Morgan fingerprint density at radius 1 is 1.07 bits per heavy atom. The van der Waals surface area contributed by atoms with E-state index in [0.717, 1.165) is 25.0 Å². The average molecular weight is 361 g/mol. The first-order valence-electron chi connectivity index (χ1n) is 10.1. The Bertz CT molecular complexity index is 832. The van der Waals surface area contributed by atoms with Gasteiger partial charge in [0.25, 0.3) is 0 Å². The maximum Gasteiger partial charge on any atom is 0.242 e. The Kier molecular flexibility index (Phi) is 5.11. The number of hydrogen-bond donors (Lipinski definition) is 0. The third kappa shape index (κ3) is 4.29. The van der Waals surface area contributed by atoms with Crippen molar-refractivity contribution in [3.05, 3.63) is 70.8 Å². The number of carbonyl (C=O) groups excluding carboxylic acids is 1. The van der Waals surface area contributed by atoms with Crippen LogP contribution in [0, 0.1) is 19.8 Å². The second-order valence-electron chi connectivity index (χ2n) is 8.11. The van der Waals surface area contributed by atoms with Crippen LogP contribution in [0.2, 0.25) is 0 Å². The minimum absolute atomic E-state index is 0.183. The van der Waals surface area contributed by atoms with Crippen LogP contribution in [0.15, 0.2) is 53.6 Å². The van der Waals surface area contributed by atoms with Crippen LogP contribution in [0.1, 0.15) is 54.4 Å². The van der Waals surface area contributed by atoms with Crippen molar-refractivity contribution in [3.63, 3.8) is 0 Å². The summed E-state index contributed by atoms with van der Waals surface area (Å²) in [6, 6.07) is 17.2. The smallest absolute Gasteiger partial charge is 0.242 e. The number of hydrogen-bond acceptors (Lipinski definition) is 2. The van der Waals surface area contributed by atoms with Gasteiger partial charge in [-0.05, 0) is 56.6 Å². The van der Waals surface area contributed by atoms with E-state index in [0.29, 0.717) is 12.3 Å². The van der Waals surface area contributed by atoms with Gasteiger partial charge in [-0.2, -0.15) is 5.10 Å². The lowest BCUT2D eigenvalue weighted by molar-refractivity contribution is -0.133. The molecule has 4 rings (SSSR count). The summed E-state index contributed by atoms with van der Waals surface area (Å²) in [5.41, 5.74) is 6.06. The van der Waals surface area contributed by atoms with E-state index in [4.69, 9.17) is 5.10 Å². The van der Waals surface area contributed by atoms with Crippen molar-refractivity contribution in [1.82, 2.24) is 5.01 Å². The van der Waals surface area contributed by atoms with Gasteiger partial charge in [0.15, 0.2) is 0 Å². The highest BCUT2D eigenvalue weighted by molar-refractivity contribution is 6.03. The van der Waals surface area contributed by atoms with Crippen molar-refractivity contribution in [2.75, 3.05) is 0 Å². The highest BCUT2D eigenvalue weighted by Gasteiger charge is 2.41. The summed E-state index contributed by atoms with van der Waals surface area (Å²) < 4.78 is 0. The molecule has 1 saturated carbocycles. The number of hydrazone groups is 1. The summed E-state index contributed by atoms with van der Waals surface area (Å²) in [7, 11) is 0. The number of rotatable bonds is 6. The summed E-state index contributed by atoms with van der Waals surface area (Å²) in [4.78, 5) is 12.9. The monoisotopic (exact) mass is 360 g/mol. The predicted molar refractivity (Wildman–Crippen MR) is 110 cm³/mol. The molecule has 1 heterocycles. The van der Waals surface area contributed by atoms with Gasteiger partial charge < -0.3 is 0 Å². The molecule has 0 spiro atoms. The Labute approximate surface area is 162 Å². The summed E-state index contributed by atoms with van der Waals surface area (Å²) in [5, 5.41) is 6.64. The molecule has 3 nitrogen and oxygen atoms in total. The summed E-state index contributed by atoms with van der Waals surface area (Å²) in [6.45, 7) is 4.24. The number of nitrogens with zero attached hydrogens (tertiary/aromatic N) is 2. The molecule has 1 unspecified atom stereocenters. The molecular formula is C24H28N2O. The van der Waals surface area contributed by atoms with Crippen LogP contribution in [-0.2, 0) is 11.2 Å². The molecule has 1 fully saturated rings. The number of aryl methyl sites for hydroxylation is 3. The summed E-state index contributed by atoms with van der Waals surface area (Å²) in [5.74, 6) is 0.817. The second-order valence-corrected chi connectivity index (χ2v) is 8.11. The summed E-state index contributed by atoms with van der Waals surface area (Å²) >= 11 is 0. The van der Waals surface area contributed by atoms with Crippen molar-refractivity contribution in [3.8, 4) is 0 Å². The number of carbonyl (C=O) groups is 1. The molecule has 2 aromatic rings. The topological polar surface area (TPSA) is 32.7 Å². The highest BCUT2D eigenvalue weighted by Crippen LogP contribution is 2.40. The minimum atomic E-state index is 0.183. The van der Waals surface area contributed by atoms with E-state index in [9.17, 15) is 4.79 Å². The predicted octanol–water partition coefficient (Wildman–Crippen LogP) is 5.04. The molecule has 140 valence electrons. The molecule has 1 aliphatic carbocycles. The van der Waals surface area contributed by atoms with E-state index < -0.39 is 0 Å². The second kappa shape index (κ2) is 7.67. The van der Waals surface area contributed by atoms with Gasteiger partial charge in [-0.1, -0.05) is 59.7 Å². The Morgan fingerprint density at radius 2 is 1.78 bits per heavy atom. The van der Waals surface area contributed by atoms with Gasteiger partial charge in [-0.15, -0.1) is 0 Å². The largest absolute Gasteiger partial charge is 0.273 e. The lowest BCUT2D eigenvalue weighted by Gasteiger charge is -2.21. The first kappa shape index (κ1) is 18.0. The van der Waals surface area contributed by atoms with Crippen LogP contribution in [0.4, 0.5) is 0 Å². The van der Waals surface area contributed by atoms with E-state index >= 15 is 0 Å². The molecule has 1 atom stereocenters. The Balaban J connectivity index is 1.45. The van der Waals surface area contributed by atoms with Crippen molar-refractivity contribution in [2.24, 2.45) is 11.0 Å². The number of benzene rings is 2. The zero-order chi connectivity index (χ0) is 18.8. The van der Waals surface area contributed by atoms with Gasteiger partial charge >= 0.3 is 0 Å². The first-order chi connectivity index (χ1) is 13.1. The highest BCUT2D eigenvalue weighted by atomic mass is 16.2. The molecule has 3 heteroatoms. The molecule has 0 saturated heterocycles. The molecule has 0 bridgehead atoms. The molecule has 1 amide bonds. The fourth-order valence-electron chi connectivity index (χ4n) is 4.14. The third-order valence-electron chi connectivity index (χ3n) is 5.62. The van der Waals surface area contributed by atoms with Gasteiger partial charge in [0.1, 0.15) is 0 Å². The SMILES string of the molecule is Cc1cc(C)cc(C2=NN(C(=O)CCCc3ccccc3)C(C3CC3)C2)c1. The lowest BCUT2D eigenvalue weighted by Crippen LogP contribution is -2.34. The van der Waals surface area contributed by atoms with Gasteiger partial charge in [-0.3, -0.25) is 4.79 Å². The number of amides is 1. The van der Waals surface area contributed by atoms with Crippen LogP contribution >= 0.6 is 0 Å². The van der Waals surface area contributed by atoms with E-state index in [1.807, 2.05) is 11.1 Å². The van der Waals surface area contributed by atoms with Crippen LogP contribution < -0.4 is 0 Å². The molecule has 2 aromatic carbocycles.